The molecule has 0 bridgehead atoms. The Bertz CT molecular complexity index is 793. The molecule has 7 nitrogen and oxygen atoms in total. The number of aromatic nitrogens is 2. The van der Waals surface area contributed by atoms with Gasteiger partial charge in [-0.1, -0.05) is 11.6 Å². The van der Waals surface area contributed by atoms with E-state index in [1.165, 1.54) is 12.4 Å². The summed E-state index contributed by atoms with van der Waals surface area (Å²) in [4.78, 5) is 35.3. The van der Waals surface area contributed by atoms with Gasteiger partial charge in [0.1, 0.15) is 0 Å². The van der Waals surface area contributed by atoms with Gasteiger partial charge in [-0.2, -0.15) is 0 Å². The molecule has 1 aromatic carbocycles. The summed E-state index contributed by atoms with van der Waals surface area (Å²) in [5.74, 6) is -0.330. The van der Waals surface area contributed by atoms with Crippen molar-refractivity contribution in [1.29, 1.82) is 0 Å². The van der Waals surface area contributed by atoms with E-state index in [-0.39, 0.29) is 29.7 Å². The summed E-state index contributed by atoms with van der Waals surface area (Å²) in [6, 6.07) is 6.69. The van der Waals surface area contributed by atoms with Crippen molar-refractivity contribution in [1.82, 2.24) is 14.9 Å². The molecule has 1 fully saturated rings. The summed E-state index contributed by atoms with van der Waals surface area (Å²) in [7, 11) is 0. The molecule has 144 valence electrons. The van der Waals surface area contributed by atoms with E-state index in [2.05, 4.69) is 15.3 Å². The molecule has 0 aliphatic carbocycles. The van der Waals surface area contributed by atoms with E-state index >= 15 is 0 Å². The lowest BCUT2D eigenvalue weighted by Gasteiger charge is -2.31. The molecule has 27 heavy (non-hydrogen) atoms. The highest BCUT2D eigenvalue weighted by Gasteiger charge is 2.27. The van der Waals surface area contributed by atoms with Crippen LogP contribution in [-0.2, 0) is 0 Å². The van der Waals surface area contributed by atoms with Crippen LogP contribution in [0.2, 0.25) is 5.02 Å². The minimum absolute atomic E-state index is 0. The number of amides is 2. The van der Waals surface area contributed by atoms with Crippen LogP contribution in [0.4, 0.5) is 5.69 Å². The average Bonchev–Trinajstić information content (AvgIpc) is 2.69. The first-order chi connectivity index (χ1) is 12.6. The Morgan fingerprint density at radius 1 is 1.11 bits per heavy atom. The number of benzene rings is 1. The van der Waals surface area contributed by atoms with Crippen LogP contribution >= 0.6 is 24.0 Å². The molecule has 2 amide bonds. The number of carbonyl (C=O) groups is 2. The molecular weight excluding hydrogens is 389 g/mol. The standard InChI is InChI=1S/C18H20ClN5O2.ClH/c19-13-1-3-14(4-2-13)23-17(25)15-16(22-8-7-21-15)18(26)24-9-5-12(11-20)6-10-24;/h1-4,7-8,12H,5-6,9-11,20H2,(H,23,25);1H. The first kappa shape index (κ1) is 21.1. The molecule has 0 spiro atoms. The van der Waals surface area contributed by atoms with Crippen molar-refractivity contribution in [2.75, 3.05) is 25.0 Å². The zero-order chi connectivity index (χ0) is 18.5. The van der Waals surface area contributed by atoms with Gasteiger partial charge in [0, 0.05) is 36.2 Å². The first-order valence-corrected chi connectivity index (χ1v) is 8.83. The number of hydrogen-bond acceptors (Lipinski definition) is 5. The predicted octanol–water partition coefficient (Wildman–Crippen LogP) is 2.62. The minimum atomic E-state index is -0.486. The fourth-order valence-electron chi connectivity index (χ4n) is 2.91. The lowest BCUT2D eigenvalue weighted by atomic mass is 9.97. The maximum absolute atomic E-state index is 12.8. The summed E-state index contributed by atoms with van der Waals surface area (Å²) in [5.41, 5.74) is 6.33. The quantitative estimate of drug-likeness (QED) is 0.807. The molecule has 1 aliphatic rings. The number of anilines is 1. The largest absolute Gasteiger partial charge is 0.337 e. The van der Waals surface area contributed by atoms with Crippen LogP contribution in [0.5, 0.6) is 0 Å². The van der Waals surface area contributed by atoms with E-state index in [4.69, 9.17) is 17.3 Å². The maximum Gasteiger partial charge on any atom is 0.276 e. The Hall–Kier alpha value is -2.22. The van der Waals surface area contributed by atoms with Gasteiger partial charge in [0.05, 0.1) is 0 Å². The molecule has 0 atom stereocenters. The number of nitrogens with one attached hydrogen (secondary N) is 1. The van der Waals surface area contributed by atoms with E-state index < -0.39 is 5.91 Å². The Kier molecular flexibility index (Phi) is 7.53. The Balaban J connectivity index is 0.00000261. The Labute approximate surface area is 168 Å². The summed E-state index contributed by atoms with van der Waals surface area (Å²) in [6.45, 7) is 1.84. The Morgan fingerprint density at radius 2 is 1.70 bits per heavy atom. The summed E-state index contributed by atoms with van der Waals surface area (Å²) >= 11 is 5.85. The first-order valence-electron chi connectivity index (χ1n) is 8.45. The molecular formula is C18H21Cl2N5O2. The molecule has 9 heteroatoms. The van der Waals surface area contributed by atoms with Gasteiger partial charge >= 0.3 is 0 Å². The van der Waals surface area contributed by atoms with Crippen molar-refractivity contribution in [3.63, 3.8) is 0 Å². The number of halogens is 2. The van der Waals surface area contributed by atoms with Gasteiger partial charge in [0.2, 0.25) is 0 Å². The smallest absolute Gasteiger partial charge is 0.276 e. The third-order valence-electron chi connectivity index (χ3n) is 4.45. The van der Waals surface area contributed by atoms with E-state index in [9.17, 15) is 9.59 Å². The lowest BCUT2D eigenvalue weighted by Crippen LogP contribution is -2.41. The van der Waals surface area contributed by atoms with Crippen LogP contribution in [0.3, 0.4) is 0 Å². The molecule has 3 N–H and O–H groups in total. The average molecular weight is 410 g/mol. The van der Waals surface area contributed by atoms with Crippen molar-refractivity contribution < 1.29 is 9.59 Å². The van der Waals surface area contributed by atoms with Crippen LogP contribution in [0.25, 0.3) is 0 Å². The fraction of sp³-hybridized carbons (Fsp3) is 0.333. The second-order valence-electron chi connectivity index (χ2n) is 6.19. The summed E-state index contributed by atoms with van der Waals surface area (Å²) in [5, 5.41) is 3.28. The van der Waals surface area contributed by atoms with Crippen LogP contribution in [0.1, 0.15) is 33.8 Å². The zero-order valence-electron chi connectivity index (χ0n) is 14.6. The molecule has 1 saturated heterocycles. The van der Waals surface area contributed by atoms with Gasteiger partial charge in [-0.15, -0.1) is 12.4 Å². The maximum atomic E-state index is 12.8. The van der Waals surface area contributed by atoms with Crippen molar-refractivity contribution >= 4 is 41.5 Å². The van der Waals surface area contributed by atoms with Crippen molar-refractivity contribution in [3.8, 4) is 0 Å². The van der Waals surface area contributed by atoms with Crippen LogP contribution in [0, 0.1) is 5.92 Å². The second-order valence-corrected chi connectivity index (χ2v) is 6.62. The van der Waals surface area contributed by atoms with Crippen molar-refractivity contribution in [2.45, 2.75) is 12.8 Å². The highest BCUT2D eigenvalue weighted by molar-refractivity contribution is 6.30. The monoisotopic (exact) mass is 409 g/mol. The van der Waals surface area contributed by atoms with E-state index in [0.717, 1.165) is 12.8 Å². The molecule has 3 rings (SSSR count). The van der Waals surface area contributed by atoms with Crippen LogP contribution in [0.15, 0.2) is 36.7 Å². The van der Waals surface area contributed by atoms with Crippen LogP contribution in [-0.4, -0.2) is 46.3 Å². The van der Waals surface area contributed by atoms with Gasteiger partial charge in [-0.25, -0.2) is 9.97 Å². The molecule has 0 radical (unpaired) electrons. The Morgan fingerprint density at radius 3 is 2.30 bits per heavy atom. The van der Waals surface area contributed by atoms with E-state index in [0.29, 0.717) is 36.3 Å². The number of hydrogen-bond donors (Lipinski definition) is 2. The topological polar surface area (TPSA) is 101 Å². The zero-order valence-corrected chi connectivity index (χ0v) is 16.2. The second kappa shape index (κ2) is 9.64. The lowest BCUT2D eigenvalue weighted by molar-refractivity contribution is 0.0682. The molecule has 2 heterocycles. The number of piperidine rings is 1. The highest BCUT2D eigenvalue weighted by atomic mass is 35.5. The third kappa shape index (κ3) is 5.15. The van der Waals surface area contributed by atoms with Crippen molar-refractivity contribution in [2.24, 2.45) is 11.7 Å². The molecule has 1 aliphatic heterocycles. The molecule has 0 unspecified atom stereocenters. The van der Waals surface area contributed by atoms with Crippen molar-refractivity contribution in [3.05, 3.63) is 53.1 Å². The van der Waals surface area contributed by atoms with Gasteiger partial charge in [0.15, 0.2) is 11.4 Å². The van der Waals surface area contributed by atoms with Crippen LogP contribution < -0.4 is 11.1 Å². The number of nitrogens with two attached hydrogens (primary N) is 1. The number of likely N-dealkylation sites (tertiary alicyclic amines) is 1. The summed E-state index contributed by atoms with van der Waals surface area (Å²) in [6.07, 6.45) is 4.52. The van der Waals surface area contributed by atoms with Gasteiger partial charge in [-0.3, -0.25) is 9.59 Å². The number of nitrogens with zero attached hydrogens (tertiary/aromatic N) is 3. The molecule has 1 aromatic heterocycles. The van der Waals surface area contributed by atoms with Gasteiger partial charge in [0.25, 0.3) is 11.8 Å². The number of rotatable bonds is 4. The third-order valence-corrected chi connectivity index (χ3v) is 4.71. The summed E-state index contributed by atoms with van der Waals surface area (Å²) < 4.78 is 0. The van der Waals surface area contributed by atoms with Gasteiger partial charge < -0.3 is 16.0 Å². The predicted molar refractivity (Wildman–Crippen MR) is 106 cm³/mol. The molecule has 0 saturated carbocycles. The molecule has 2 aromatic rings. The SMILES string of the molecule is Cl.NCC1CCN(C(=O)c2nccnc2C(=O)Nc2ccc(Cl)cc2)CC1. The van der Waals surface area contributed by atoms with Gasteiger partial charge in [-0.05, 0) is 49.6 Å². The minimum Gasteiger partial charge on any atom is -0.337 e. The highest BCUT2D eigenvalue weighted by Crippen LogP contribution is 2.19. The fourth-order valence-corrected chi connectivity index (χ4v) is 3.03. The van der Waals surface area contributed by atoms with E-state index in [1.54, 1.807) is 29.2 Å². The van der Waals surface area contributed by atoms with E-state index in [1.807, 2.05) is 0 Å². The number of carbonyl (C=O) groups excluding carboxylic acids is 2. The normalized spacial score (nSPS) is 14.4.